The van der Waals surface area contributed by atoms with Crippen LogP contribution in [0, 0.1) is 5.92 Å². The maximum atomic E-state index is 12.5. The van der Waals surface area contributed by atoms with E-state index in [0.717, 1.165) is 24.1 Å². The zero-order valence-corrected chi connectivity index (χ0v) is 17.2. The second-order valence-electron chi connectivity index (χ2n) is 7.55. The van der Waals surface area contributed by atoms with Crippen molar-refractivity contribution in [1.82, 2.24) is 14.5 Å². The lowest BCUT2D eigenvalue weighted by atomic mass is 9.98. The van der Waals surface area contributed by atoms with Gasteiger partial charge in [-0.2, -0.15) is 0 Å². The Kier molecular flexibility index (Phi) is 6.72. The van der Waals surface area contributed by atoms with E-state index in [4.69, 9.17) is 0 Å². The van der Waals surface area contributed by atoms with E-state index in [-0.39, 0.29) is 30.0 Å². The number of hydrogen-bond acceptors (Lipinski definition) is 4. The molecule has 0 aliphatic carbocycles. The molecule has 2 aliphatic heterocycles. The summed E-state index contributed by atoms with van der Waals surface area (Å²) in [4.78, 5) is 26.1. The van der Waals surface area contributed by atoms with Gasteiger partial charge in [-0.05, 0) is 37.3 Å². The number of carbonyl (C=O) groups excluding carboxylic acids is 2. The van der Waals surface area contributed by atoms with Crippen LogP contribution in [0.25, 0.3) is 0 Å². The van der Waals surface area contributed by atoms with E-state index in [0.29, 0.717) is 38.9 Å². The molecule has 0 unspecified atom stereocenters. The first kappa shape index (κ1) is 20.8. The maximum absolute atomic E-state index is 12.5. The van der Waals surface area contributed by atoms with Crippen LogP contribution in [-0.4, -0.2) is 54.8 Å². The molecule has 0 aromatic heterocycles. The lowest BCUT2D eigenvalue weighted by molar-refractivity contribution is -0.128. The van der Waals surface area contributed by atoms with Crippen molar-refractivity contribution in [3.63, 3.8) is 0 Å². The number of piperidine rings is 1. The van der Waals surface area contributed by atoms with Crippen molar-refractivity contribution >= 4 is 21.8 Å². The Bertz CT molecular complexity index is 807. The fraction of sp³-hybridized carbons (Fsp3) is 0.600. The Morgan fingerprint density at radius 3 is 2.50 bits per heavy atom. The van der Waals surface area contributed by atoms with Crippen LogP contribution in [0.3, 0.4) is 0 Å². The summed E-state index contributed by atoms with van der Waals surface area (Å²) >= 11 is 0. The molecule has 2 heterocycles. The number of sulfonamides is 1. The molecule has 2 fully saturated rings. The molecule has 0 saturated carbocycles. The predicted octanol–water partition coefficient (Wildman–Crippen LogP) is 1.49. The Morgan fingerprint density at radius 2 is 1.86 bits per heavy atom. The predicted molar refractivity (Wildman–Crippen MR) is 107 cm³/mol. The lowest BCUT2D eigenvalue weighted by Gasteiger charge is -2.30. The van der Waals surface area contributed by atoms with Crippen LogP contribution in [0.15, 0.2) is 24.3 Å². The molecule has 1 aromatic carbocycles. The molecule has 7 nitrogen and oxygen atoms in total. The van der Waals surface area contributed by atoms with Gasteiger partial charge in [0.05, 0.1) is 11.7 Å². The fourth-order valence-electron chi connectivity index (χ4n) is 3.78. The highest BCUT2D eigenvalue weighted by Crippen LogP contribution is 2.20. The molecular weight excluding hydrogens is 378 g/mol. The van der Waals surface area contributed by atoms with E-state index < -0.39 is 10.0 Å². The average Bonchev–Trinajstić information content (AvgIpc) is 3.11. The molecule has 154 valence electrons. The third-order valence-electron chi connectivity index (χ3n) is 5.55. The molecule has 1 atom stereocenters. The van der Waals surface area contributed by atoms with Crippen LogP contribution >= 0.6 is 0 Å². The van der Waals surface area contributed by atoms with Gasteiger partial charge >= 0.3 is 0 Å². The van der Waals surface area contributed by atoms with Crippen LogP contribution in [0.2, 0.25) is 0 Å². The van der Waals surface area contributed by atoms with Gasteiger partial charge in [0.1, 0.15) is 0 Å². The minimum atomic E-state index is -3.25. The van der Waals surface area contributed by atoms with Gasteiger partial charge in [-0.25, -0.2) is 12.7 Å². The first-order valence-electron chi connectivity index (χ1n) is 10.00. The van der Waals surface area contributed by atoms with Crippen molar-refractivity contribution in [2.24, 2.45) is 5.92 Å². The summed E-state index contributed by atoms with van der Waals surface area (Å²) in [6.45, 7) is 4.27. The first-order chi connectivity index (χ1) is 13.4. The van der Waals surface area contributed by atoms with Crippen molar-refractivity contribution in [3.05, 3.63) is 35.4 Å². The van der Waals surface area contributed by atoms with E-state index >= 15 is 0 Å². The van der Waals surface area contributed by atoms with Gasteiger partial charge in [0.25, 0.3) is 0 Å². The molecule has 8 heteroatoms. The topological polar surface area (TPSA) is 86.8 Å². The second-order valence-corrected chi connectivity index (χ2v) is 9.81. The summed E-state index contributed by atoms with van der Waals surface area (Å²) in [5.41, 5.74) is 2.07. The molecule has 2 amide bonds. The molecule has 3 rings (SSSR count). The minimum Gasteiger partial charge on any atom is -0.352 e. The summed E-state index contributed by atoms with van der Waals surface area (Å²) in [7, 11) is -3.25. The third kappa shape index (κ3) is 5.11. The quantitative estimate of drug-likeness (QED) is 0.742. The Balaban J connectivity index is 1.49. The number of amides is 2. The zero-order chi connectivity index (χ0) is 20.1. The molecule has 0 bridgehead atoms. The van der Waals surface area contributed by atoms with Crippen LogP contribution in [0.1, 0.15) is 43.7 Å². The second kappa shape index (κ2) is 9.05. The summed E-state index contributed by atoms with van der Waals surface area (Å²) in [5.74, 6) is -0.113. The van der Waals surface area contributed by atoms with Crippen LogP contribution < -0.4 is 5.32 Å². The SMILES string of the molecule is CCS(=O)(=O)N1CCC[C@H](C(=O)NCc2ccc(CN3CCCC3=O)cc2)C1. The summed E-state index contributed by atoms with van der Waals surface area (Å²) in [5, 5.41) is 2.93. The highest BCUT2D eigenvalue weighted by Gasteiger charge is 2.31. The lowest BCUT2D eigenvalue weighted by Crippen LogP contribution is -2.45. The number of benzene rings is 1. The van der Waals surface area contributed by atoms with Crippen LogP contribution in [-0.2, 0) is 32.7 Å². The zero-order valence-electron chi connectivity index (χ0n) is 16.4. The largest absolute Gasteiger partial charge is 0.352 e. The van der Waals surface area contributed by atoms with Gasteiger partial charge in [0, 0.05) is 39.1 Å². The monoisotopic (exact) mass is 407 g/mol. The fourth-order valence-corrected chi connectivity index (χ4v) is 4.96. The number of likely N-dealkylation sites (tertiary alicyclic amines) is 1. The van der Waals surface area contributed by atoms with E-state index in [2.05, 4.69) is 5.32 Å². The Hall–Kier alpha value is -1.93. The third-order valence-corrected chi connectivity index (χ3v) is 7.40. The molecule has 2 aliphatic rings. The highest BCUT2D eigenvalue weighted by atomic mass is 32.2. The Morgan fingerprint density at radius 1 is 1.14 bits per heavy atom. The minimum absolute atomic E-state index is 0.0662. The maximum Gasteiger partial charge on any atom is 0.224 e. The van der Waals surface area contributed by atoms with Gasteiger partial charge in [-0.1, -0.05) is 24.3 Å². The molecule has 28 heavy (non-hydrogen) atoms. The van der Waals surface area contributed by atoms with E-state index in [1.807, 2.05) is 29.2 Å². The smallest absolute Gasteiger partial charge is 0.224 e. The first-order valence-corrected chi connectivity index (χ1v) is 11.6. The van der Waals surface area contributed by atoms with Crippen LogP contribution in [0.4, 0.5) is 0 Å². The van der Waals surface area contributed by atoms with E-state index in [1.165, 1.54) is 4.31 Å². The normalized spacial score (nSPS) is 21.1. The van der Waals surface area contributed by atoms with Crippen molar-refractivity contribution < 1.29 is 18.0 Å². The molecular formula is C20H29N3O4S. The number of carbonyl (C=O) groups is 2. The molecule has 0 radical (unpaired) electrons. The van der Waals surface area contributed by atoms with Gasteiger partial charge in [-0.3, -0.25) is 9.59 Å². The molecule has 1 aromatic rings. The average molecular weight is 408 g/mol. The van der Waals surface area contributed by atoms with Crippen molar-refractivity contribution in [2.45, 2.75) is 45.7 Å². The number of nitrogens with one attached hydrogen (secondary N) is 1. The van der Waals surface area contributed by atoms with E-state index in [1.54, 1.807) is 6.92 Å². The Labute approximate surface area is 167 Å². The molecule has 0 spiro atoms. The standard InChI is InChI=1S/C20H29N3O4S/c1-2-28(26,27)23-12-3-5-18(15-23)20(25)21-13-16-7-9-17(10-8-16)14-22-11-4-6-19(22)24/h7-10,18H,2-6,11-15H2,1H3,(H,21,25)/t18-/m0/s1. The number of rotatable bonds is 7. The van der Waals surface area contributed by atoms with Gasteiger partial charge in [-0.15, -0.1) is 0 Å². The van der Waals surface area contributed by atoms with Gasteiger partial charge in [0.2, 0.25) is 21.8 Å². The van der Waals surface area contributed by atoms with Crippen molar-refractivity contribution in [2.75, 3.05) is 25.4 Å². The van der Waals surface area contributed by atoms with Gasteiger partial charge in [0.15, 0.2) is 0 Å². The van der Waals surface area contributed by atoms with Gasteiger partial charge < -0.3 is 10.2 Å². The van der Waals surface area contributed by atoms with E-state index in [9.17, 15) is 18.0 Å². The van der Waals surface area contributed by atoms with Crippen molar-refractivity contribution in [3.8, 4) is 0 Å². The summed E-state index contributed by atoms with van der Waals surface area (Å²) in [6, 6.07) is 7.91. The molecule has 2 saturated heterocycles. The molecule has 1 N–H and O–H groups in total. The summed E-state index contributed by atoms with van der Waals surface area (Å²) < 4.78 is 25.5. The number of nitrogens with zero attached hydrogens (tertiary/aromatic N) is 2. The van der Waals surface area contributed by atoms with Crippen molar-refractivity contribution in [1.29, 1.82) is 0 Å². The van der Waals surface area contributed by atoms with Crippen LogP contribution in [0.5, 0.6) is 0 Å². The number of hydrogen-bond donors (Lipinski definition) is 1. The highest BCUT2D eigenvalue weighted by molar-refractivity contribution is 7.89. The summed E-state index contributed by atoms with van der Waals surface area (Å²) in [6.07, 6.45) is 3.00.